The van der Waals surface area contributed by atoms with Crippen molar-refractivity contribution in [2.45, 2.75) is 39.2 Å². The maximum absolute atomic E-state index is 12.2. The number of esters is 1. The van der Waals surface area contributed by atoms with Crippen molar-refractivity contribution in [3.8, 4) is 0 Å². The van der Waals surface area contributed by atoms with Crippen molar-refractivity contribution in [1.82, 2.24) is 5.32 Å². The van der Waals surface area contributed by atoms with Gasteiger partial charge >= 0.3 is 5.97 Å². The maximum Gasteiger partial charge on any atom is 0.311 e. The van der Waals surface area contributed by atoms with Gasteiger partial charge in [-0.3, -0.25) is 14.4 Å². The molecule has 0 spiro atoms. The van der Waals surface area contributed by atoms with Gasteiger partial charge < -0.3 is 15.4 Å². The number of nitrogens with one attached hydrogen (secondary N) is 2. The molecule has 0 unspecified atom stereocenters. The van der Waals surface area contributed by atoms with Crippen LogP contribution >= 0.6 is 0 Å². The Morgan fingerprint density at radius 2 is 1.61 bits per heavy atom. The first-order valence-corrected chi connectivity index (χ1v) is 9.24. The van der Waals surface area contributed by atoms with Crippen LogP contribution in [0.3, 0.4) is 0 Å². The van der Waals surface area contributed by atoms with Crippen LogP contribution in [0.1, 0.15) is 37.8 Å². The first kappa shape index (κ1) is 21.2. The molecule has 0 saturated carbocycles. The second-order valence-corrected chi connectivity index (χ2v) is 6.74. The number of amides is 2. The van der Waals surface area contributed by atoms with E-state index < -0.39 is 12.1 Å². The largest absolute Gasteiger partial charge is 0.452 e. The van der Waals surface area contributed by atoms with Crippen LogP contribution in [0.15, 0.2) is 54.6 Å². The van der Waals surface area contributed by atoms with E-state index in [1.807, 2.05) is 37.3 Å². The molecule has 6 nitrogen and oxygen atoms in total. The van der Waals surface area contributed by atoms with Crippen molar-refractivity contribution >= 4 is 23.5 Å². The van der Waals surface area contributed by atoms with E-state index in [2.05, 4.69) is 10.6 Å². The molecule has 2 aromatic rings. The van der Waals surface area contributed by atoms with Gasteiger partial charge in [-0.1, -0.05) is 49.4 Å². The highest BCUT2D eigenvalue weighted by atomic mass is 16.5. The fourth-order valence-corrected chi connectivity index (χ4v) is 2.67. The minimum Gasteiger partial charge on any atom is -0.452 e. The van der Waals surface area contributed by atoms with Crippen molar-refractivity contribution in [3.05, 3.63) is 65.7 Å². The van der Waals surface area contributed by atoms with Gasteiger partial charge in [-0.25, -0.2) is 0 Å². The number of anilines is 1. The van der Waals surface area contributed by atoms with Crippen LogP contribution in [0.4, 0.5) is 5.69 Å². The Bertz CT molecular complexity index is 803. The number of hydrogen-bond donors (Lipinski definition) is 2. The summed E-state index contributed by atoms with van der Waals surface area (Å²) in [5.74, 6) is -0.799. The third kappa shape index (κ3) is 6.87. The van der Waals surface area contributed by atoms with Gasteiger partial charge in [0.05, 0.1) is 6.42 Å². The summed E-state index contributed by atoms with van der Waals surface area (Å²) in [6.07, 6.45) is -0.813. The van der Waals surface area contributed by atoms with Crippen molar-refractivity contribution in [3.63, 3.8) is 0 Å². The summed E-state index contributed by atoms with van der Waals surface area (Å²) in [6, 6.07) is 16.8. The lowest BCUT2D eigenvalue weighted by Crippen LogP contribution is -2.37. The van der Waals surface area contributed by atoms with Crippen molar-refractivity contribution < 1.29 is 19.1 Å². The van der Waals surface area contributed by atoms with Crippen LogP contribution < -0.4 is 10.6 Å². The van der Waals surface area contributed by atoms with Crippen LogP contribution in [0.25, 0.3) is 0 Å². The monoisotopic (exact) mass is 382 g/mol. The second kappa shape index (κ2) is 10.3. The molecule has 2 aromatic carbocycles. The van der Waals surface area contributed by atoms with Gasteiger partial charge in [0.25, 0.3) is 5.91 Å². The number of rotatable bonds is 8. The Kier molecular flexibility index (Phi) is 7.75. The molecule has 0 bridgehead atoms. The Hall–Kier alpha value is -3.15. The Morgan fingerprint density at radius 3 is 2.21 bits per heavy atom. The predicted octanol–water partition coefficient (Wildman–Crippen LogP) is 3.04. The van der Waals surface area contributed by atoms with Crippen LogP contribution in [-0.4, -0.2) is 30.4 Å². The number of hydrogen-bond acceptors (Lipinski definition) is 4. The molecular formula is C22H26N2O4. The van der Waals surface area contributed by atoms with Crippen molar-refractivity contribution in [2.75, 3.05) is 11.9 Å². The van der Waals surface area contributed by atoms with E-state index in [9.17, 15) is 14.4 Å². The fourth-order valence-electron chi connectivity index (χ4n) is 2.67. The molecule has 0 fully saturated rings. The molecule has 148 valence electrons. The highest BCUT2D eigenvalue weighted by Gasteiger charge is 2.18. The van der Waals surface area contributed by atoms with Gasteiger partial charge in [0.2, 0.25) is 5.91 Å². The van der Waals surface area contributed by atoms with E-state index in [-0.39, 0.29) is 24.2 Å². The SMILES string of the molecule is CC(=O)Nc1ccc(CC(=O)O[C@@H](C)C(=O)NC[C@H](C)c2ccccc2)cc1. The van der Waals surface area contributed by atoms with E-state index in [0.717, 1.165) is 11.1 Å². The molecule has 0 aliphatic rings. The lowest BCUT2D eigenvalue weighted by molar-refractivity contribution is -0.154. The highest BCUT2D eigenvalue weighted by molar-refractivity contribution is 5.88. The molecule has 0 aliphatic carbocycles. The zero-order valence-corrected chi connectivity index (χ0v) is 16.4. The van der Waals surface area contributed by atoms with Crippen molar-refractivity contribution in [2.24, 2.45) is 0 Å². The van der Waals surface area contributed by atoms with Gasteiger partial charge in [-0.05, 0) is 36.1 Å². The zero-order valence-electron chi connectivity index (χ0n) is 16.4. The standard InChI is InChI=1S/C22H26N2O4/c1-15(19-7-5-4-6-8-19)14-23-22(27)16(2)28-21(26)13-18-9-11-20(12-10-18)24-17(3)25/h4-12,15-16H,13-14H2,1-3H3,(H,23,27)(H,24,25)/t15-,16-/m0/s1. The minimum atomic E-state index is -0.867. The van der Waals surface area contributed by atoms with E-state index in [4.69, 9.17) is 4.74 Å². The molecule has 0 aliphatic heterocycles. The summed E-state index contributed by atoms with van der Waals surface area (Å²) in [5, 5.41) is 5.48. The van der Waals surface area contributed by atoms with Crippen LogP contribution in [0.5, 0.6) is 0 Å². The molecule has 2 amide bonds. The third-order valence-corrected chi connectivity index (χ3v) is 4.25. The molecule has 0 saturated heterocycles. The summed E-state index contributed by atoms with van der Waals surface area (Å²) in [5.41, 5.74) is 2.53. The normalized spacial score (nSPS) is 12.5. The summed E-state index contributed by atoms with van der Waals surface area (Å²) >= 11 is 0. The molecule has 28 heavy (non-hydrogen) atoms. The number of benzene rings is 2. The third-order valence-electron chi connectivity index (χ3n) is 4.25. The van der Waals surface area contributed by atoms with Gasteiger partial charge in [0.15, 0.2) is 6.10 Å². The van der Waals surface area contributed by atoms with Crippen LogP contribution in [0, 0.1) is 0 Å². The maximum atomic E-state index is 12.2. The summed E-state index contributed by atoms with van der Waals surface area (Å²) < 4.78 is 5.23. The molecule has 0 heterocycles. The van der Waals surface area contributed by atoms with Gasteiger partial charge in [0, 0.05) is 19.2 Å². The molecule has 0 radical (unpaired) electrons. The van der Waals surface area contributed by atoms with Gasteiger partial charge in [-0.2, -0.15) is 0 Å². The van der Waals surface area contributed by atoms with E-state index in [1.165, 1.54) is 6.92 Å². The minimum absolute atomic E-state index is 0.0540. The zero-order chi connectivity index (χ0) is 20.5. The Labute approximate surface area is 165 Å². The Balaban J connectivity index is 1.77. The second-order valence-electron chi connectivity index (χ2n) is 6.74. The topological polar surface area (TPSA) is 84.5 Å². The molecule has 2 rings (SSSR count). The summed E-state index contributed by atoms with van der Waals surface area (Å²) in [4.78, 5) is 35.3. The number of ether oxygens (including phenoxy) is 1. The molecule has 6 heteroatoms. The molecule has 2 atom stereocenters. The average molecular weight is 382 g/mol. The lowest BCUT2D eigenvalue weighted by atomic mass is 10.0. The number of carbonyl (C=O) groups is 3. The van der Waals surface area contributed by atoms with Crippen molar-refractivity contribution in [1.29, 1.82) is 0 Å². The molecule has 2 N–H and O–H groups in total. The predicted molar refractivity (Wildman–Crippen MR) is 108 cm³/mol. The smallest absolute Gasteiger partial charge is 0.311 e. The lowest BCUT2D eigenvalue weighted by Gasteiger charge is -2.16. The quantitative estimate of drug-likeness (QED) is 0.688. The average Bonchev–Trinajstić information content (AvgIpc) is 2.67. The summed E-state index contributed by atoms with van der Waals surface area (Å²) in [6.45, 7) is 5.48. The van der Waals surface area contributed by atoms with E-state index >= 15 is 0 Å². The number of carbonyl (C=O) groups excluding carboxylic acids is 3. The Morgan fingerprint density at radius 1 is 0.964 bits per heavy atom. The first-order valence-electron chi connectivity index (χ1n) is 9.24. The highest BCUT2D eigenvalue weighted by Crippen LogP contribution is 2.13. The molecular weight excluding hydrogens is 356 g/mol. The van der Waals surface area contributed by atoms with Gasteiger partial charge in [0.1, 0.15) is 0 Å². The molecule has 0 aromatic heterocycles. The first-order chi connectivity index (χ1) is 13.3. The van der Waals surface area contributed by atoms with Crippen LogP contribution in [0.2, 0.25) is 0 Å². The van der Waals surface area contributed by atoms with E-state index in [1.54, 1.807) is 31.2 Å². The van der Waals surface area contributed by atoms with Gasteiger partial charge in [-0.15, -0.1) is 0 Å². The fraction of sp³-hybridized carbons (Fsp3) is 0.318. The van der Waals surface area contributed by atoms with Crippen LogP contribution in [-0.2, 0) is 25.5 Å². The summed E-state index contributed by atoms with van der Waals surface area (Å²) in [7, 11) is 0. The van der Waals surface area contributed by atoms with E-state index in [0.29, 0.717) is 12.2 Å².